The van der Waals surface area contributed by atoms with E-state index in [9.17, 15) is 30.2 Å². The normalized spacial score (nSPS) is 11.8. The summed E-state index contributed by atoms with van der Waals surface area (Å²) in [6.45, 7) is 0.704. The number of phenolic OH excluding ortho intramolecular Hbond substituents is 2. The Bertz CT molecular complexity index is 1050. The second-order valence-corrected chi connectivity index (χ2v) is 11.6. The van der Waals surface area contributed by atoms with E-state index < -0.39 is 11.8 Å². The van der Waals surface area contributed by atoms with Gasteiger partial charge in [-0.15, -0.1) is 0 Å². The van der Waals surface area contributed by atoms with Crippen LogP contribution < -0.4 is 10.6 Å². The fourth-order valence-electron chi connectivity index (χ4n) is 2.76. The highest BCUT2D eigenvalue weighted by molar-refractivity contribution is 9.10. The first-order valence-electron chi connectivity index (χ1n) is 10.4. The van der Waals surface area contributed by atoms with Gasteiger partial charge in [0.1, 0.15) is 22.9 Å². The van der Waals surface area contributed by atoms with E-state index in [4.69, 9.17) is 0 Å². The average Bonchev–Trinajstić information content (AvgIpc) is 2.86. The molecule has 10 nitrogen and oxygen atoms in total. The van der Waals surface area contributed by atoms with Gasteiger partial charge in [-0.05, 0) is 67.3 Å². The van der Waals surface area contributed by atoms with Gasteiger partial charge < -0.3 is 31.3 Å². The van der Waals surface area contributed by atoms with E-state index in [0.717, 1.165) is 0 Å². The Kier molecular flexibility index (Phi) is 12.9. The van der Waals surface area contributed by atoms with Crippen molar-refractivity contribution in [2.75, 3.05) is 24.6 Å². The molecule has 0 fully saturated rings. The Labute approximate surface area is 232 Å². The Morgan fingerprint density at radius 3 is 1.47 bits per heavy atom. The number of halogens is 2. The molecule has 0 bridgehead atoms. The van der Waals surface area contributed by atoms with Gasteiger partial charge in [0.15, 0.2) is 0 Å². The molecule has 0 radical (unpaired) electrons. The number of rotatable bonds is 13. The summed E-state index contributed by atoms with van der Waals surface area (Å²) in [7, 11) is 3.00. The number of benzene rings is 2. The van der Waals surface area contributed by atoms with Crippen molar-refractivity contribution in [3.8, 4) is 11.5 Å². The average molecular weight is 664 g/mol. The minimum absolute atomic E-state index is 0.0473. The second kappa shape index (κ2) is 15.6. The summed E-state index contributed by atoms with van der Waals surface area (Å²) >= 11 is 6.40. The highest BCUT2D eigenvalue weighted by atomic mass is 79.9. The van der Waals surface area contributed by atoms with Crippen molar-refractivity contribution in [1.29, 1.82) is 0 Å². The molecule has 2 amide bonds. The maximum atomic E-state index is 12.2. The molecule has 0 saturated carbocycles. The first kappa shape index (κ1) is 29.8. The zero-order valence-corrected chi connectivity index (χ0v) is 23.6. The van der Waals surface area contributed by atoms with Crippen LogP contribution in [0.2, 0.25) is 0 Å². The minimum atomic E-state index is -0.490. The third-order valence-electron chi connectivity index (χ3n) is 4.56. The molecule has 2 aromatic rings. The summed E-state index contributed by atoms with van der Waals surface area (Å²) in [6, 6.07) is 9.50. The molecular formula is C22H24Br2N4O6S2. The van der Waals surface area contributed by atoms with E-state index in [2.05, 4.69) is 52.8 Å². The van der Waals surface area contributed by atoms with Gasteiger partial charge in [0, 0.05) is 37.4 Å². The zero-order chi connectivity index (χ0) is 26.5. The Morgan fingerprint density at radius 2 is 1.14 bits per heavy atom. The van der Waals surface area contributed by atoms with Crippen molar-refractivity contribution in [2.45, 2.75) is 12.8 Å². The maximum Gasteiger partial charge on any atom is 0.269 e. The third-order valence-corrected chi connectivity index (χ3v) is 8.24. The molecule has 0 spiro atoms. The van der Waals surface area contributed by atoms with E-state index >= 15 is 0 Å². The van der Waals surface area contributed by atoms with Gasteiger partial charge in [-0.2, -0.15) is 0 Å². The summed E-state index contributed by atoms with van der Waals surface area (Å²) in [5.41, 5.74) is 1.29. The molecule has 14 heteroatoms. The number of oxime groups is 2. The molecule has 0 unspecified atom stereocenters. The van der Waals surface area contributed by atoms with E-state index in [0.29, 0.717) is 44.7 Å². The van der Waals surface area contributed by atoms with Crippen molar-refractivity contribution in [3.63, 3.8) is 0 Å². The van der Waals surface area contributed by atoms with E-state index in [1.54, 1.807) is 24.3 Å². The van der Waals surface area contributed by atoms with Crippen LogP contribution in [0.5, 0.6) is 11.5 Å². The maximum absolute atomic E-state index is 12.2. The number of hydrogen-bond donors (Lipinski definition) is 6. The quantitative estimate of drug-likeness (QED) is 0.0621. The van der Waals surface area contributed by atoms with E-state index in [1.165, 1.54) is 33.7 Å². The van der Waals surface area contributed by atoms with Crippen molar-refractivity contribution in [1.82, 2.24) is 10.6 Å². The Morgan fingerprint density at radius 1 is 0.750 bits per heavy atom. The first-order valence-corrected chi connectivity index (χ1v) is 14.5. The summed E-state index contributed by atoms with van der Waals surface area (Å²) < 4.78 is 0.959. The number of aromatic hydroxyl groups is 2. The monoisotopic (exact) mass is 662 g/mol. The summed E-state index contributed by atoms with van der Waals surface area (Å²) in [4.78, 5) is 24.5. The molecule has 6 N–H and O–H groups in total. The number of hydrogen-bond acceptors (Lipinski definition) is 10. The minimum Gasteiger partial charge on any atom is -0.507 e. The predicted octanol–water partition coefficient (Wildman–Crippen LogP) is 3.68. The van der Waals surface area contributed by atoms with Crippen LogP contribution in [0.25, 0.3) is 0 Å². The summed E-state index contributed by atoms with van der Waals surface area (Å²) in [6.07, 6.45) is 0.206. The molecular weight excluding hydrogens is 640 g/mol. The highest BCUT2D eigenvalue weighted by Gasteiger charge is 2.15. The fourth-order valence-corrected chi connectivity index (χ4v) is 5.43. The lowest BCUT2D eigenvalue weighted by Gasteiger charge is -2.08. The van der Waals surface area contributed by atoms with Crippen LogP contribution >= 0.6 is 53.4 Å². The molecule has 194 valence electrons. The van der Waals surface area contributed by atoms with Crippen molar-refractivity contribution in [3.05, 3.63) is 56.5 Å². The number of carbonyl (C=O) groups is 2. The van der Waals surface area contributed by atoms with Gasteiger partial charge in [0.05, 0.1) is 8.95 Å². The van der Waals surface area contributed by atoms with Crippen LogP contribution in [0.1, 0.15) is 11.1 Å². The lowest BCUT2D eigenvalue weighted by atomic mass is 10.1. The number of phenols is 2. The molecule has 2 rings (SSSR count). The molecule has 0 heterocycles. The lowest BCUT2D eigenvalue weighted by Crippen LogP contribution is -2.34. The van der Waals surface area contributed by atoms with Crippen LogP contribution in [0.4, 0.5) is 0 Å². The van der Waals surface area contributed by atoms with Gasteiger partial charge in [0.2, 0.25) is 0 Å². The standard InChI is InChI=1S/C22H24Br2N4O6S2/c23-15-9-13(1-3-19(15)29)11-17(27-33)21(31)25-5-7-35-36-8-6-26-22(32)18(28-34)12-14-2-4-20(30)16(24)10-14/h1-4,9-10,29-30,33-34H,5-8,11-12H2,(H,25,31)(H,26,32)/b27-17+,28-18?. The summed E-state index contributed by atoms with van der Waals surface area (Å²) in [5, 5.41) is 49.0. The van der Waals surface area contributed by atoms with Crippen LogP contribution in [0, 0.1) is 0 Å². The molecule has 0 aliphatic carbocycles. The van der Waals surface area contributed by atoms with Gasteiger partial charge in [0.25, 0.3) is 11.8 Å². The summed E-state index contributed by atoms with van der Waals surface area (Å²) in [5.74, 6) is 0.348. The smallest absolute Gasteiger partial charge is 0.269 e. The van der Waals surface area contributed by atoms with Crippen LogP contribution in [-0.4, -0.2) is 68.5 Å². The van der Waals surface area contributed by atoms with Gasteiger partial charge in [-0.1, -0.05) is 44.0 Å². The zero-order valence-electron chi connectivity index (χ0n) is 18.8. The fraction of sp³-hybridized carbons (Fsp3) is 0.273. The number of nitrogens with one attached hydrogen (secondary N) is 2. The molecule has 0 aliphatic heterocycles. The molecule has 0 aromatic heterocycles. The van der Waals surface area contributed by atoms with Gasteiger partial charge in [-0.3, -0.25) is 9.59 Å². The molecule has 2 aromatic carbocycles. The van der Waals surface area contributed by atoms with Crippen LogP contribution in [0.3, 0.4) is 0 Å². The third kappa shape index (κ3) is 9.91. The molecule has 36 heavy (non-hydrogen) atoms. The number of amides is 2. The first-order chi connectivity index (χ1) is 17.2. The lowest BCUT2D eigenvalue weighted by molar-refractivity contribution is -0.115. The van der Waals surface area contributed by atoms with Gasteiger partial charge in [-0.25, -0.2) is 0 Å². The topological polar surface area (TPSA) is 164 Å². The predicted molar refractivity (Wildman–Crippen MR) is 148 cm³/mol. The van der Waals surface area contributed by atoms with Crippen molar-refractivity contribution >= 4 is 76.7 Å². The molecule has 0 atom stereocenters. The van der Waals surface area contributed by atoms with Crippen molar-refractivity contribution < 1.29 is 30.2 Å². The highest BCUT2D eigenvalue weighted by Crippen LogP contribution is 2.25. The Balaban J connectivity index is 1.62. The second-order valence-electron chi connectivity index (χ2n) is 7.17. The molecule has 0 aliphatic rings. The Hall–Kier alpha value is -2.42. The van der Waals surface area contributed by atoms with Gasteiger partial charge >= 0.3 is 0 Å². The number of carbonyl (C=O) groups excluding carboxylic acids is 2. The van der Waals surface area contributed by atoms with Crippen LogP contribution in [-0.2, 0) is 22.4 Å². The molecule has 0 saturated heterocycles. The number of nitrogens with zero attached hydrogens (tertiary/aromatic N) is 2. The van der Waals surface area contributed by atoms with Crippen molar-refractivity contribution in [2.24, 2.45) is 10.3 Å². The van der Waals surface area contributed by atoms with E-state index in [-0.39, 0.29) is 35.8 Å². The van der Waals surface area contributed by atoms with Crippen LogP contribution in [0.15, 0.2) is 55.7 Å². The largest absolute Gasteiger partial charge is 0.507 e. The van der Waals surface area contributed by atoms with E-state index in [1.807, 2.05) is 0 Å². The SMILES string of the molecule is O=C(NCCSSCCNC(=O)/C(Cc1ccc(O)c(Br)c1)=N/O)C(Cc1ccc(O)c(Br)c1)=NO.